The Balaban J connectivity index is 2.25. The molecule has 0 bridgehead atoms. The molecule has 1 aliphatic rings. The lowest BCUT2D eigenvalue weighted by Crippen LogP contribution is -2.29. The number of aliphatic hydroxyl groups excluding tert-OH is 1. The molecule has 114 valence electrons. The van der Waals surface area contributed by atoms with Crippen LogP contribution in [0, 0.1) is 11.8 Å². The van der Waals surface area contributed by atoms with E-state index in [-0.39, 0.29) is 6.61 Å². The van der Waals surface area contributed by atoms with Gasteiger partial charge in [-0.2, -0.15) is 4.31 Å². The summed E-state index contributed by atoms with van der Waals surface area (Å²) in [6, 6.07) is 1.58. The molecule has 0 aliphatic carbocycles. The third kappa shape index (κ3) is 2.77. The molecule has 1 N–H and O–H groups in total. The predicted molar refractivity (Wildman–Crippen MR) is 77.7 cm³/mol. The average molecular weight is 300 g/mol. The van der Waals surface area contributed by atoms with Crippen LogP contribution in [0.5, 0.6) is 0 Å². The summed E-state index contributed by atoms with van der Waals surface area (Å²) in [6.45, 7) is 7.91. The summed E-state index contributed by atoms with van der Waals surface area (Å²) in [6.07, 6.45) is 2.56. The Morgan fingerprint density at radius 2 is 2.15 bits per heavy atom. The first kappa shape index (κ1) is 15.5. The van der Waals surface area contributed by atoms with E-state index in [2.05, 4.69) is 13.8 Å². The SMILES string of the molecule is CCn1cc(S(=O)(=O)N2CCC(C(C)C)C2)cc1CO. The zero-order valence-corrected chi connectivity index (χ0v) is 13.2. The standard InChI is InChI=1S/C14H24N2O3S/c1-4-15-9-14(7-13(15)10-17)20(18,19)16-6-5-12(8-16)11(2)3/h7,9,11-12,17H,4-6,8,10H2,1-3H3. The summed E-state index contributed by atoms with van der Waals surface area (Å²) in [5.41, 5.74) is 0.644. The quantitative estimate of drug-likeness (QED) is 0.899. The molecule has 0 saturated carbocycles. The third-order valence-electron chi connectivity index (χ3n) is 4.23. The highest BCUT2D eigenvalue weighted by atomic mass is 32.2. The van der Waals surface area contributed by atoms with Gasteiger partial charge in [-0.15, -0.1) is 0 Å². The first-order valence-electron chi connectivity index (χ1n) is 7.20. The monoisotopic (exact) mass is 300 g/mol. The van der Waals surface area contributed by atoms with Gasteiger partial charge in [-0.05, 0) is 31.2 Å². The van der Waals surface area contributed by atoms with Crippen LogP contribution in [0.3, 0.4) is 0 Å². The van der Waals surface area contributed by atoms with Crippen molar-refractivity contribution < 1.29 is 13.5 Å². The minimum atomic E-state index is -3.43. The lowest BCUT2D eigenvalue weighted by molar-refractivity contribution is 0.271. The molecule has 1 saturated heterocycles. The van der Waals surface area contributed by atoms with Crippen molar-refractivity contribution in [2.75, 3.05) is 13.1 Å². The predicted octanol–water partition coefficient (Wildman–Crippen LogP) is 1.67. The van der Waals surface area contributed by atoms with Crippen molar-refractivity contribution in [3.05, 3.63) is 18.0 Å². The van der Waals surface area contributed by atoms with Crippen LogP contribution in [-0.4, -0.2) is 35.5 Å². The first-order chi connectivity index (χ1) is 9.40. The van der Waals surface area contributed by atoms with Gasteiger partial charge >= 0.3 is 0 Å². The molecule has 1 atom stereocenters. The van der Waals surface area contributed by atoms with Crippen LogP contribution in [0.15, 0.2) is 17.2 Å². The van der Waals surface area contributed by atoms with Crippen LogP contribution >= 0.6 is 0 Å². The van der Waals surface area contributed by atoms with Crippen LogP contribution < -0.4 is 0 Å². The van der Waals surface area contributed by atoms with Gasteiger partial charge in [0.2, 0.25) is 10.0 Å². The van der Waals surface area contributed by atoms with Crippen LogP contribution in [0.1, 0.15) is 32.9 Å². The summed E-state index contributed by atoms with van der Waals surface area (Å²) >= 11 is 0. The average Bonchev–Trinajstić information content (AvgIpc) is 3.05. The Bertz CT molecular complexity index is 541. The Hall–Kier alpha value is -0.850. The number of hydrogen-bond donors (Lipinski definition) is 1. The largest absolute Gasteiger partial charge is 0.390 e. The molecule has 0 amide bonds. The molecular formula is C14H24N2O3S. The smallest absolute Gasteiger partial charge is 0.244 e. The number of aryl methyl sites for hydroxylation is 1. The van der Waals surface area contributed by atoms with Gasteiger partial charge in [-0.25, -0.2) is 8.42 Å². The number of aromatic nitrogens is 1. The van der Waals surface area contributed by atoms with E-state index in [0.717, 1.165) is 6.42 Å². The number of aliphatic hydroxyl groups is 1. The van der Waals surface area contributed by atoms with Crippen molar-refractivity contribution in [1.82, 2.24) is 8.87 Å². The van der Waals surface area contributed by atoms with Crippen molar-refractivity contribution in [2.45, 2.75) is 45.2 Å². The van der Waals surface area contributed by atoms with E-state index in [1.807, 2.05) is 6.92 Å². The van der Waals surface area contributed by atoms with Gasteiger partial charge in [0.05, 0.1) is 6.61 Å². The second-order valence-corrected chi connectivity index (χ2v) is 7.71. The molecule has 1 unspecified atom stereocenters. The Morgan fingerprint density at radius 1 is 1.45 bits per heavy atom. The fourth-order valence-electron chi connectivity index (χ4n) is 2.76. The van der Waals surface area contributed by atoms with Crippen LogP contribution in [0.2, 0.25) is 0 Å². The number of sulfonamides is 1. The van der Waals surface area contributed by atoms with Gasteiger partial charge in [-0.3, -0.25) is 0 Å². The number of nitrogens with zero attached hydrogens (tertiary/aromatic N) is 2. The maximum atomic E-state index is 12.6. The van der Waals surface area contributed by atoms with Gasteiger partial charge in [-0.1, -0.05) is 13.8 Å². The summed E-state index contributed by atoms with van der Waals surface area (Å²) in [5.74, 6) is 0.943. The maximum Gasteiger partial charge on any atom is 0.244 e. The molecule has 2 rings (SSSR count). The summed E-state index contributed by atoms with van der Waals surface area (Å²) in [5, 5.41) is 9.28. The van der Waals surface area contributed by atoms with E-state index in [0.29, 0.717) is 42.1 Å². The third-order valence-corrected chi connectivity index (χ3v) is 6.06. The normalized spacial score (nSPS) is 20.9. The molecule has 2 heterocycles. The van der Waals surface area contributed by atoms with Crippen LogP contribution in [0.25, 0.3) is 0 Å². The summed E-state index contributed by atoms with van der Waals surface area (Å²) in [4.78, 5) is 0.299. The van der Waals surface area contributed by atoms with Crippen molar-refractivity contribution >= 4 is 10.0 Å². The van der Waals surface area contributed by atoms with Crippen LogP contribution in [0.4, 0.5) is 0 Å². The molecule has 20 heavy (non-hydrogen) atoms. The molecule has 1 fully saturated rings. The Labute approximate surface area is 121 Å². The summed E-state index contributed by atoms with van der Waals surface area (Å²) in [7, 11) is -3.43. The topological polar surface area (TPSA) is 62.5 Å². The molecule has 0 aromatic carbocycles. The first-order valence-corrected chi connectivity index (χ1v) is 8.64. The fraction of sp³-hybridized carbons (Fsp3) is 0.714. The van der Waals surface area contributed by atoms with Gasteiger partial charge in [0.25, 0.3) is 0 Å². The van der Waals surface area contributed by atoms with Crippen molar-refractivity contribution in [3.63, 3.8) is 0 Å². The van der Waals surface area contributed by atoms with Gasteiger partial charge in [0.15, 0.2) is 0 Å². The molecule has 1 aromatic heterocycles. The Morgan fingerprint density at radius 3 is 2.60 bits per heavy atom. The van der Waals surface area contributed by atoms with Gasteiger partial charge in [0.1, 0.15) is 4.90 Å². The van der Waals surface area contributed by atoms with Crippen molar-refractivity contribution in [2.24, 2.45) is 11.8 Å². The zero-order valence-electron chi connectivity index (χ0n) is 12.4. The number of hydrogen-bond acceptors (Lipinski definition) is 3. The van der Waals surface area contributed by atoms with Crippen molar-refractivity contribution in [3.8, 4) is 0 Å². The highest BCUT2D eigenvalue weighted by molar-refractivity contribution is 7.89. The van der Waals surface area contributed by atoms with Gasteiger partial charge < -0.3 is 9.67 Å². The zero-order chi connectivity index (χ0) is 14.9. The molecule has 5 nitrogen and oxygen atoms in total. The summed E-state index contributed by atoms with van der Waals surface area (Å²) < 4.78 is 28.6. The van der Waals surface area contributed by atoms with Crippen molar-refractivity contribution in [1.29, 1.82) is 0 Å². The minimum Gasteiger partial charge on any atom is -0.390 e. The second-order valence-electron chi connectivity index (χ2n) is 5.77. The fourth-order valence-corrected chi connectivity index (χ4v) is 4.34. The molecule has 0 spiro atoms. The minimum absolute atomic E-state index is 0.141. The molecule has 1 aromatic rings. The lowest BCUT2D eigenvalue weighted by atomic mass is 9.96. The van der Waals surface area contributed by atoms with E-state index in [4.69, 9.17) is 0 Å². The van der Waals surface area contributed by atoms with E-state index >= 15 is 0 Å². The second kappa shape index (κ2) is 5.87. The number of rotatable bonds is 5. The molecule has 1 aliphatic heterocycles. The van der Waals surface area contributed by atoms with E-state index < -0.39 is 10.0 Å². The molecule has 0 radical (unpaired) electrons. The van der Waals surface area contributed by atoms with E-state index in [9.17, 15) is 13.5 Å². The van der Waals surface area contributed by atoms with E-state index in [1.165, 1.54) is 0 Å². The highest BCUT2D eigenvalue weighted by Gasteiger charge is 2.34. The van der Waals surface area contributed by atoms with Crippen LogP contribution in [-0.2, 0) is 23.2 Å². The Kier molecular flexibility index (Phi) is 4.56. The molecular weight excluding hydrogens is 276 g/mol. The van der Waals surface area contributed by atoms with E-state index in [1.54, 1.807) is 21.1 Å². The lowest BCUT2D eigenvalue weighted by Gasteiger charge is -2.17. The molecule has 6 heteroatoms. The van der Waals surface area contributed by atoms with Gasteiger partial charge in [0, 0.05) is 31.5 Å². The highest BCUT2D eigenvalue weighted by Crippen LogP contribution is 2.29. The maximum absolute atomic E-state index is 12.6.